The van der Waals surface area contributed by atoms with E-state index in [0.717, 1.165) is 0 Å². The van der Waals surface area contributed by atoms with Gasteiger partial charge in [-0.1, -0.05) is 19.1 Å². The number of nitrogens with zero attached hydrogens (tertiary/aromatic N) is 3. The van der Waals surface area contributed by atoms with Crippen molar-refractivity contribution in [2.75, 3.05) is 23.7 Å². The quantitative estimate of drug-likeness (QED) is 0.794. The van der Waals surface area contributed by atoms with Gasteiger partial charge in [0.2, 0.25) is 0 Å². The molecular weight excluding hydrogens is 360 g/mol. The van der Waals surface area contributed by atoms with Crippen molar-refractivity contribution >= 4 is 29.4 Å². The molecule has 3 amide bonds. The summed E-state index contributed by atoms with van der Waals surface area (Å²) in [5.41, 5.74) is 6.60. The van der Waals surface area contributed by atoms with Crippen LogP contribution in [0.5, 0.6) is 5.75 Å². The number of benzene rings is 1. The number of hydrogen-bond acceptors (Lipinski definition) is 6. The third-order valence-corrected chi connectivity index (χ3v) is 4.94. The Morgan fingerprint density at radius 1 is 1.00 bits per heavy atom. The topological polar surface area (TPSA) is 106 Å². The Bertz CT molecular complexity index is 939. The number of nitrogens with two attached hydrogens (primary N) is 1. The summed E-state index contributed by atoms with van der Waals surface area (Å²) in [5, 5.41) is 0. The lowest BCUT2D eigenvalue weighted by atomic mass is 10.1. The van der Waals surface area contributed by atoms with Gasteiger partial charge in [0.1, 0.15) is 5.82 Å². The van der Waals surface area contributed by atoms with Crippen molar-refractivity contribution in [2.45, 2.75) is 25.9 Å². The van der Waals surface area contributed by atoms with Crippen molar-refractivity contribution < 1.29 is 19.1 Å². The Kier molecular flexibility index (Phi) is 4.46. The molecule has 0 saturated heterocycles. The number of aromatic nitrogens is 1. The van der Waals surface area contributed by atoms with E-state index in [0.29, 0.717) is 42.1 Å². The van der Waals surface area contributed by atoms with E-state index in [1.807, 2.05) is 6.92 Å². The lowest BCUT2D eigenvalue weighted by molar-refractivity contribution is -0.126. The van der Waals surface area contributed by atoms with Crippen molar-refractivity contribution in [3.8, 4) is 5.75 Å². The monoisotopic (exact) mass is 380 g/mol. The Labute approximate surface area is 161 Å². The summed E-state index contributed by atoms with van der Waals surface area (Å²) < 4.78 is 5.71. The standard InChI is InChI=1S/C20H20N4O4/c1-2-14-20(27)23(17-15(28-14)8-9-16(21)22-17)10-5-11-24-18(25)12-6-3-4-7-13(12)19(24)26/h3-4,6-9,14H,2,5,10-11H2,1H3,(H2,21,22). The van der Waals surface area contributed by atoms with Crippen LogP contribution < -0.4 is 15.4 Å². The average Bonchev–Trinajstić information content (AvgIpc) is 2.94. The van der Waals surface area contributed by atoms with Gasteiger partial charge in [-0.05, 0) is 37.1 Å². The van der Waals surface area contributed by atoms with Gasteiger partial charge in [0, 0.05) is 13.1 Å². The first-order valence-electron chi connectivity index (χ1n) is 9.21. The van der Waals surface area contributed by atoms with E-state index in [1.165, 1.54) is 9.80 Å². The maximum atomic E-state index is 12.7. The van der Waals surface area contributed by atoms with Crippen LogP contribution in [-0.4, -0.2) is 46.8 Å². The van der Waals surface area contributed by atoms with Crippen LogP contribution in [0.2, 0.25) is 0 Å². The van der Waals surface area contributed by atoms with E-state index in [4.69, 9.17) is 10.5 Å². The van der Waals surface area contributed by atoms with Crippen molar-refractivity contribution in [1.29, 1.82) is 0 Å². The molecule has 0 saturated carbocycles. The minimum atomic E-state index is -0.586. The summed E-state index contributed by atoms with van der Waals surface area (Å²) in [6, 6.07) is 10.1. The summed E-state index contributed by atoms with van der Waals surface area (Å²) >= 11 is 0. The minimum Gasteiger partial charge on any atom is -0.477 e. The third kappa shape index (κ3) is 2.87. The molecule has 0 radical (unpaired) electrons. The van der Waals surface area contributed by atoms with Crippen molar-refractivity contribution in [2.24, 2.45) is 0 Å². The number of ether oxygens (including phenoxy) is 1. The molecule has 4 rings (SSSR count). The summed E-state index contributed by atoms with van der Waals surface area (Å²) in [6.45, 7) is 2.39. The molecule has 1 aromatic heterocycles. The van der Waals surface area contributed by atoms with Crippen LogP contribution in [0.15, 0.2) is 36.4 Å². The molecule has 2 aliphatic rings. The third-order valence-electron chi connectivity index (χ3n) is 4.94. The van der Waals surface area contributed by atoms with Gasteiger partial charge in [-0.2, -0.15) is 0 Å². The number of carbonyl (C=O) groups is 3. The van der Waals surface area contributed by atoms with E-state index in [1.54, 1.807) is 36.4 Å². The smallest absolute Gasteiger partial charge is 0.269 e. The predicted octanol–water partition coefficient (Wildman–Crippen LogP) is 1.85. The molecule has 1 unspecified atom stereocenters. The fourth-order valence-corrected chi connectivity index (χ4v) is 3.52. The number of anilines is 2. The van der Waals surface area contributed by atoms with Crippen molar-refractivity contribution in [1.82, 2.24) is 9.88 Å². The van der Waals surface area contributed by atoms with E-state index in [-0.39, 0.29) is 30.1 Å². The van der Waals surface area contributed by atoms with E-state index in [9.17, 15) is 14.4 Å². The minimum absolute atomic E-state index is 0.199. The first kappa shape index (κ1) is 18.0. The molecule has 2 aliphatic heterocycles. The molecule has 2 aromatic rings. The molecule has 1 atom stereocenters. The van der Waals surface area contributed by atoms with Crippen LogP contribution >= 0.6 is 0 Å². The molecule has 144 valence electrons. The number of hydrogen-bond donors (Lipinski definition) is 1. The van der Waals surface area contributed by atoms with Crippen LogP contribution in [0.4, 0.5) is 11.6 Å². The van der Waals surface area contributed by atoms with Crippen LogP contribution in [0.3, 0.4) is 0 Å². The van der Waals surface area contributed by atoms with Gasteiger partial charge in [0.15, 0.2) is 17.7 Å². The summed E-state index contributed by atoms with van der Waals surface area (Å²) in [7, 11) is 0. The highest BCUT2D eigenvalue weighted by atomic mass is 16.5. The molecule has 0 fully saturated rings. The van der Waals surface area contributed by atoms with Crippen LogP contribution in [0.1, 0.15) is 40.5 Å². The Morgan fingerprint density at radius 2 is 1.64 bits per heavy atom. The summed E-state index contributed by atoms with van der Waals surface area (Å²) in [4.78, 5) is 44.7. The number of carbonyl (C=O) groups excluding carboxylic acids is 3. The highest BCUT2D eigenvalue weighted by molar-refractivity contribution is 6.21. The van der Waals surface area contributed by atoms with Gasteiger partial charge in [0.25, 0.3) is 17.7 Å². The van der Waals surface area contributed by atoms with Gasteiger partial charge in [-0.25, -0.2) is 4.98 Å². The predicted molar refractivity (Wildman–Crippen MR) is 102 cm³/mol. The Morgan fingerprint density at radius 3 is 2.29 bits per heavy atom. The van der Waals surface area contributed by atoms with Gasteiger partial charge in [-0.15, -0.1) is 0 Å². The second-order valence-electron chi connectivity index (χ2n) is 6.72. The molecule has 0 aliphatic carbocycles. The molecule has 8 heteroatoms. The number of pyridine rings is 1. The highest BCUT2D eigenvalue weighted by Crippen LogP contribution is 2.34. The van der Waals surface area contributed by atoms with Gasteiger partial charge >= 0.3 is 0 Å². The van der Waals surface area contributed by atoms with Crippen LogP contribution in [0, 0.1) is 0 Å². The molecule has 3 heterocycles. The maximum Gasteiger partial charge on any atom is 0.269 e. The zero-order valence-corrected chi connectivity index (χ0v) is 15.4. The summed E-state index contributed by atoms with van der Waals surface area (Å²) in [6.07, 6.45) is 0.360. The number of rotatable bonds is 5. The maximum absolute atomic E-state index is 12.7. The molecule has 0 bridgehead atoms. The van der Waals surface area contributed by atoms with E-state index in [2.05, 4.69) is 4.98 Å². The number of amides is 3. The molecule has 8 nitrogen and oxygen atoms in total. The SMILES string of the molecule is CCC1Oc2ccc(N)nc2N(CCCN2C(=O)c3ccccc3C2=O)C1=O. The molecule has 2 N–H and O–H groups in total. The number of nitrogen functional groups attached to an aromatic ring is 1. The van der Waals surface area contributed by atoms with Crippen molar-refractivity contribution in [3.63, 3.8) is 0 Å². The van der Waals surface area contributed by atoms with E-state index >= 15 is 0 Å². The van der Waals surface area contributed by atoms with Gasteiger partial charge in [-0.3, -0.25) is 24.2 Å². The number of imide groups is 1. The summed E-state index contributed by atoms with van der Waals surface area (Å²) in [5.74, 6) is 0.357. The normalized spacial score (nSPS) is 18.2. The molecule has 0 spiro atoms. The van der Waals surface area contributed by atoms with Gasteiger partial charge in [0.05, 0.1) is 11.1 Å². The molecule has 1 aromatic carbocycles. The fraction of sp³-hybridized carbons (Fsp3) is 0.300. The lowest BCUT2D eigenvalue weighted by Crippen LogP contribution is -2.47. The van der Waals surface area contributed by atoms with Gasteiger partial charge < -0.3 is 10.5 Å². The highest BCUT2D eigenvalue weighted by Gasteiger charge is 2.37. The van der Waals surface area contributed by atoms with Crippen LogP contribution in [-0.2, 0) is 4.79 Å². The zero-order valence-electron chi connectivity index (χ0n) is 15.4. The first-order chi connectivity index (χ1) is 13.5. The Balaban J connectivity index is 1.49. The zero-order chi connectivity index (χ0) is 19.8. The van der Waals surface area contributed by atoms with E-state index < -0.39 is 6.10 Å². The fourth-order valence-electron chi connectivity index (χ4n) is 3.52. The average molecular weight is 380 g/mol. The first-order valence-corrected chi connectivity index (χ1v) is 9.21. The second kappa shape index (κ2) is 6.95. The molecule has 28 heavy (non-hydrogen) atoms. The lowest BCUT2D eigenvalue weighted by Gasteiger charge is -2.33. The van der Waals surface area contributed by atoms with Crippen LogP contribution in [0.25, 0.3) is 0 Å². The van der Waals surface area contributed by atoms with Crippen molar-refractivity contribution in [3.05, 3.63) is 47.5 Å². The number of fused-ring (bicyclic) bond motifs is 2. The second-order valence-corrected chi connectivity index (χ2v) is 6.72. The largest absolute Gasteiger partial charge is 0.477 e. The molecular formula is C20H20N4O4. The Hall–Kier alpha value is -3.42.